The highest BCUT2D eigenvalue weighted by molar-refractivity contribution is 5.23. The van der Waals surface area contributed by atoms with Crippen LogP contribution in [0.15, 0.2) is 24.3 Å². The summed E-state index contributed by atoms with van der Waals surface area (Å²) < 4.78 is 0. The summed E-state index contributed by atoms with van der Waals surface area (Å²) in [6, 6.07) is 9.64. The van der Waals surface area contributed by atoms with Crippen LogP contribution in [0.25, 0.3) is 0 Å². The monoisotopic (exact) mass is 288 g/mol. The number of hydrogen-bond donors (Lipinski definition) is 1. The smallest absolute Gasteiger partial charge is 0.0233 e. The lowest BCUT2D eigenvalue weighted by Crippen LogP contribution is -2.25. The molecule has 1 aromatic carbocycles. The topological polar surface area (TPSA) is 15.3 Å². The van der Waals surface area contributed by atoms with E-state index in [2.05, 4.69) is 55.3 Å². The number of likely N-dealkylation sites (tertiary alicyclic amines) is 1. The molecule has 1 unspecified atom stereocenters. The Kier molecular flexibility index (Phi) is 6.72. The first kappa shape index (κ1) is 16.5. The van der Waals surface area contributed by atoms with Crippen LogP contribution < -0.4 is 5.32 Å². The number of nitrogens with one attached hydrogen (secondary N) is 1. The van der Waals surface area contributed by atoms with Crippen molar-refractivity contribution in [2.45, 2.75) is 65.6 Å². The Balaban J connectivity index is 1.88. The lowest BCUT2D eigenvalue weighted by Gasteiger charge is -2.20. The summed E-state index contributed by atoms with van der Waals surface area (Å²) in [5.74, 6) is 0.955. The summed E-state index contributed by atoms with van der Waals surface area (Å²) in [4.78, 5) is 2.64. The molecule has 1 heterocycles. The van der Waals surface area contributed by atoms with E-state index in [0.717, 1.165) is 19.0 Å². The van der Waals surface area contributed by atoms with E-state index in [1.807, 2.05) is 0 Å². The molecule has 0 aromatic heterocycles. The van der Waals surface area contributed by atoms with E-state index >= 15 is 0 Å². The number of hydrogen-bond acceptors (Lipinski definition) is 2. The van der Waals surface area contributed by atoms with Gasteiger partial charge in [-0.1, -0.05) is 51.5 Å². The minimum absolute atomic E-state index is 0.547. The zero-order chi connectivity index (χ0) is 15.1. The predicted octanol–water partition coefficient (Wildman–Crippen LogP) is 4.20. The molecule has 0 radical (unpaired) electrons. The largest absolute Gasteiger partial charge is 0.310 e. The van der Waals surface area contributed by atoms with Gasteiger partial charge < -0.3 is 5.32 Å². The van der Waals surface area contributed by atoms with Gasteiger partial charge >= 0.3 is 0 Å². The molecule has 2 rings (SSSR count). The molecular formula is C19H32N2. The molecule has 118 valence electrons. The second-order valence-corrected chi connectivity index (χ2v) is 6.84. The molecule has 1 aliphatic heterocycles. The Morgan fingerprint density at radius 3 is 2.76 bits per heavy atom. The predicted molar refractivity (Wildman–Crippen MR) is 91.3 cm³/mol. The summed E-state index contributed by atoms with van der Waals surface area (Å²) in [5, 5.41) is 3.50. The highest BCUT2D eigenvalue weighted by Crippen LogP contribution is 2.21. The Morgan fingerprint density at radius 1 is 1.19 bits per heavy atom. The molecule has 1 aliphatic rings. The van der Waals surface area contributed by atoms with Gasteiger partial charge in [-0.2, -0.15) is 0 Å². The molecule has 1 saturated heterocycles. The number of nitrogens with zero attached hydrogens (tertiary/aromatic N) is 1. The molecule has 1 N–H and O–H groups in total. The third-order valence-electron chi connectivity index (χ3n) is 4.63. The van der Waals surface area contributed by atoms with Gasteiger partial charge in [0.2, 0.25) is 0 Å². The Morgan fingerprint density at radius 2 is 2.00 bits per heavy atom. The van der Waals surface area contributed by atoms with Gasteiger partial charge in [-0.3, -0.25) is 4.90 Å². The van der Waals surface area contributed by atoms with Crippen LogP contribution in [0.3, 0.4) is 0 Å². The SMILES string of the molecule is CCC1CCCN(Cc2cccc(CNC(C)C)c2)CC1. The van der Waals surface area contributed by atoms with Crippen LogP contribution in [0, 0.1) is 5.92 Å². The maximum atomic E-state index is 3.50. The fourth-order valence-corrected chi connectivity index (χ4v) is 3.21. The fraction of sp³-hybridized carbons (Fsp3) is 0.684. The fourth-order valence-electron chi connectivity index (χ4n) is 3.21. The summed E-state index contributed by atoms with van der Waals surface area (Å²) in [6.07, 6.45) is 5.52. The molecule has 0 amide bonds. The van der Waals surface area contributed by atoms with Crippen LogP contribution in [-0.2, 0) is 13.1 Å². The average Bonchev–Trinajstić information content (AvgIpc) is 2.71. The van der Waals surface area contributed by atoms with Crippen LogP contribution in [0.5, 0.6) is 0 Å². The zero-order valence-electron chi connectivity index (χ0n) is 14.1. The van der Waals surface area contributed by atoms with Crippen molar-refractivity contribution in [1.29, 1.82) is 0 Å². The first-order valence-corrected chi connectivity index (χ1v) is 8.71. The van der Waals surface area contributed by atoms with Gasteiger partial charge in [-0.05, 0) is 49.4 Å². The maximum absolute atomic E-state index is 3.50. The molecule has 21 heavy (non-hydrogen) atoms. The minimum Gasteiger partial charge on any atom is -0.310 e. The Hall–Kier alpha value is -0.860. The zero-order valence-corrected chi connectivity index (χ0v) is 14.1. The summed E-state index contributed by atoms with van der Waals surface area (Å²) >= 11 is 0. The standard InChI is InChI=1S/C19H32N2/c1-4-17-9-6-11-21(12-10-17)15-19-8-5-7-18(13-19)14-20-16(2)3/h5,7-8,13,16-17,20H,4,6,9-12,14-15H2,1-3H3. The van der Waals surface area contributed by atoms with Crippen molar-refractivity contribution >= 4 is 0 Å². The van der Waals surface area contributed by atoms with Crippen molar-refractivity contribution in [2.24, 2.45) is 5.92 Å². The quantitative estimate of drug-likeness (QED) is 0.844. The first-order chi connectivity index (χ1) is 10.2. The van der Waals surface area contributed by atoms with Gasteiger partial charge in [0.25, 0.3) is 0 Å². The van der Waals surface area contributed by atoms with E-state index < -0.39 is 0 Å². The van der Waals surface area contributed by atoms with Gasteiger partial charge in [-0.25, -0.2) is 0 Å². The van der Waals surface area contributed by atoms with Crippen LogP contribution in [-0.4, -0.2) is 24.0 Å². The maximum Gasteiger partial charge on any atom is 0.0233 e. The molecule has 0 spiro atoms. The van der Waals surface area contributed by atoms with E-state index in [9.17, 15) is 0 Å². The summed E-state index contributed by atoms with van der Waals surface area (Å²) in [6.45, 7) is 11.4. The van der Waals surface area contributed by atoms with Crippen LogP contribution in [0.4, 0.5) is 0 Å². The van der Waals surface area contributed by atoms with E-state index in [1.54, 1.807) is 0 Å². The van der Waals surface area contributed by atoms with Gasteiger partial charge in [0.15, 0.2) is 0 Å². The highest BCUT2D eigenvalue weighted by Gasteiger charge is 2.15. The number of benzene rings is 1. The number of rotatable bonds is 6. The second-order valence-electron chi connectivity index (χ2n) is 6.84. The van der Waals surface area contributed by atoms with E-state index in [1.165, 1.54) is 49.9 Å². The molecule has 1 aromatic rings. The van der Waals surface area contributed by atoms with Crippen molar-refractivity contribution in [3.63, 3.8) is 0 Å². The van der Waals surface area contributed by atoms with Gasteiger partial charge in [0.05, 0.1) is 0 Å². The van der Waals surface area contributed by atoms with Crippen molar-refractivity contribution in [2.75, 3.05) is 13.1 Å². The van der Waals surface area contributed by atoms with E-state index in [4.69, 9.17) is 0 Å². The van der Waals surface area contributed by atoms with Crippen LogP contribution in [0.2, 0.25) is 0 Å². The van der Waals surface area contributed by atoms with Gasteiger partial charge in [-0.15, -0.1) is 0 Å². The third-order valence-corrected chi connectivity index (χ3v) is 4.63. The molecule has 1 atom stereocenters. The van der Waals surface area contributed by atoms with Crippen LogP contribution in [0.1, 0.15) is 57.6 Å². The summed E-state index contributed by atoms with van der Waals surface area (Å²) in [5.41, 5.74) is 2.87. The van der Waals surface area contributed by atoms with Crippen molar-refractivity contribution in [3.8, 4) is 0 Å². The third kappa shape index (κ3) is 5.80. The molecule has 0 aliphatic carbocycles. The molecule has 2 nitrogen and oxygen atoms in total. The lowest BCUT2D eigenvalue weighted by atomic mass is 9.98. The van der Waals surface area contributed by atoms with Crippen molar-refractivity contribution < 1.29 is 0 Å². The summed E-state index contributed by atoms with van der Waals surface area (Å²) in [7, 11) is 0. The van der Waals surface area contributed by atoms with E-state index in [0.29, 0.717) is 6.04 Å². The Labute approximate surface area is 130 Å². The second kappa shape index (κ2) is 8.55. The highest BCUT2D eigenvalue weighted by atomic mass is 15.1. The van der Waals surface area contributed by atoms with E-state index in [-0.39, 0.29) is 0 Å². The molecule has 0 bridgehead atoms. The molecular weight excluding hydrogens is 256 g/mol. The first-order valence-electron chi connectivity index (χ1n) is 8.71. The van der Waals surface area contributed by atoms with Crippen LogP contribution >= 0.6 is 0 Å². The molecule has 0 saturated carbocycles. The molecule has 1 fully saturated rings. The minimum atomic E-state index is 0.547. The van der Waals surface area contributed by atoms with Crippen molar-refractivity contribution in [1.82, 2.24) is 10.2 Å². The normalized spacial score (nSPS) is 20.7. The van der Waals surface area contributed by atoms with Gasteiger partial charge in [0, 0.05) is 19.1 Å². The average molecular weight is 288 g/mol. The molecule has 2 heteroatoms. The van der Waals surface area contributed by atoms with Crippen molar-refractivity contribution in [3.05, 3.63) is 35.4 Å². The Bertz CT molecular complexity index is 414. The lowest BCUT2D eigenvalue weighted by molar-refractivity contribution is 0.272. The van der Waals surface area contributed by atoms with Gasteiger partial charge in [0.1, 0.15) is 0 Å².